The second-order valence-electron chi connectivity index (χ2n) is 4.84. The van der Waals surface area contributed by atoms with Gasteiger partial charge in [0.25, 0.3) is 0 Å². The summed E-state index contributed by atoms with van der Waals surface area (Å²) in [5.41, 5.74) is 1.48. The zero-order valence-corrected chi connectivity index (χ0v) is 13.1. The van der Waals surface area contributed by atoms with Gasteiger partial charge < -0.3 is 10.2 Å². The third-order valence-electron chi connectivity index (χ3n) is 3.26. The summed E-state index contributed by atoms with van der Waals surface area (Å²) in [5, 5.41) is 22.5. The maximum Gasteiger partial charge on any atom is 0.321 e. The molecule has 0 aliphatic carbocycles. The van der Waals surface area contributed by atoms with Gasteiger partial charge in [0.1, 0.15) is 11.8 Å². The fraction of sp³-hybridized carbons (Fsp3) is 0.188. The molecule has 0 aliphatic heterocycles. The Bertz CT molecular complexity index is 639. The lowest BCUT2D eigenvalue weighted by atomic mass is 10.1. The van der Waals surface area contributed by atoms with E-state index in [9.17, 15) is 15.0 Å². The molecule has 0 heterocycles. The van der Waals surface area contributed by atoms with Crippen molar-refractivity contribution in [1.29, 1.82) is 0 Å². The van der Waals surface area contributed by atoms with E-state index < -0.39 is 12.0 Å². The number of phenolic OH excluding ortho intramolecular Hbond substituents is 1. The number of halogens is 2. The molecule has 6 heteroatoms. The number of hydrogen-bond donors (Lipinski definition) is 3. The SMILES string of the molecule is O=C(O)[C@H](Cc1ccc(O)cc1)NCc1c(Cl)cccc1Cl. The molecule has 2 aromatic rings. The van der Waals surface area contributed by atoms with Gasteiger partial charge in [0.05, 0.1) is 0 Å². The highest BCUT2D eigenvalue weighted by Gasteiger charge is 2.18. The van der Waals surface area contributed by atoms with Crippen molar-refractivity contribution in [1.82, 2.24) is 5.32 Å². The first-order chi connectivity index (χ1) is 10.5. The number of carboxylic acids is 1. The van der Waals surface area contributed by atoms with E-state index in [1.807, 2.05) is 0 Å². The maximum absolute atomic E-state index is 11.4. The molecule has 4 nitrogen and oxygen atoms in total. The lowest BCUT2D eigenvalue weighted by molar-refractivity contribution is -0.139. The third kappa shape index (κ3) is 4.37. The lowest BCUT2D eigenvalue weighted by Gasteiger charge is -2.16. The van der Waals surface area contributed by atoms with Gasteiger partial charge in [-0.3, -0.25) is 10.1 Å². The average Bonchev–Trinajstić information content (AvgIpc) is 2.47. The Morgan fingerprint density at radius 3 is 2.23 bits per heavy atom. The van der Waals surface area contributed by atoms with E-state index in [1.54, 1.807) is 30.3 Å². The van der Waals surface area contributed by atoms with Crippen LogP contribution in [0.4, 0.5) is 0 Å². The van der Waals surface area contributed by atoms with E-state index in [0.29, 0.717) is 15.6 Å². The molecule has 116 valence electrons. The van der Waals surface area contributed by atoms with Crippen LogP contribution in [0.2, 0.25) is 10.0 Å². The fourth-order valence-corrected chi connectivity index (χ4v) is 2.57. The van der Waals surface area contributed by atoms with Gasteiger partial charge in [-0.1, -0.05) is 41.4 Å². The van der Waals surface area contributed by atoms with Crippen LogP contribution in [-0.4, -0.2) is 22.2 Å². The molecule has 2 rings (SSSR count). The largest absolute Gasteiger partial charge is 0.508 e. The summed E-state index contributed by atoms with van der Waals surface area (Å²) in [5.74, 6) is -0.817. The van der Waals surface area contributed by atoms with E-state index in [-0.39, 0.29) is 18.7 Å². The number of aliphatic carboxylic acids is 1. The first kappa shape index (κ1) is 16.6. The topological polar surface area (TPSA) is 69.6 Å². The van der Waals surface area contributed by atoms with Crippen molar-refractivity contribution in [3.63, 3.8) is 0 Å². The second kappa shape index (κ2) is 7.49. The molecule has 0 aromatic heterocycles. The van der Waals surface area contributed by atoms with E-state index >= 15 is 0 Å². The lowest BCUT2D eigenvalue weighted by Crippen LogP contribution is -2.38. The number of phenols is 1. The van der Waals surface area contributed by atoms with Crippen LogP contribution in [0.3, 0.4) is 0 Å². The minimum Gasteiger partial charge on any atom is -0.508 e. The second-order valence-corrected chi connectivity index (χ2v) is 5.66. The maximum atomic E-state index is 11.4. The van der Waals surface area contributed by atoms with Gasteiger partial charge in [0.2, 0.25) is 0 Å². The summed E-state index contributed by atoms with van der Waals surface area (Å²) < 4.78 is 0. The summed E-state index contributed by atoms with van der Waals surface area (Å²) in [4.78, 5) is 11.4. The first-order valence-corrected chi connectivity index (χ1v) is 7.40. The molecule has 0 spiro atoms. The van der Waals surface area contributed by atoms with Gasteiger partial charge in [-0.05, 0) is 36.2 Å². The molecular formula is C16H15Cl2NO3. The van der Waals surface area contributed by atoms with Crippen LogP contribution in [0.25, 0.3) is 0 Å². The Hall–Kier alpha value is -1.75. The number of carboxylic acid groups (broad SMARTS) is 1. The molecule has 0 radical (unpaired) electrons. The molecule has 0 saturated heterocycles. The smallest absolute Gasteiger partial charge is 0.321 e. The summed E-state index contributed by atoms with van der Waals surface area (Å²) in [6, 6.07) is 10.8. The van der Waals surface area contributed by atoms with Crippen molar-refractivity contribution >= 4 is 29.2 Å². The predicted molar refractivity (Wildman–Crippen MR) is 86.5 cm³/mol. The van der Waals surface area contributed by atoms with Crippen LogP contribution in [0, 0.1) is 0 Å². The highest BCUT2D eigenvalue weighted by atomic mass is 35.5. The molecule has 1 atom stereocenters. The number of carbonyl (C=O) groups is 1. The van der Waals surface area contributed by atoms with Crippen LogP contribution < -0.4 is 5.32 Å². The molecule has 0 amide bonds. The molecule has 22 heavy (non-hydrogen) atoms. The van der Waals surface area contributed by atoms with Gasteiger partial charge in [-0.15, -0.1) is 0 Å². The first-order valence-electron chi connectivity index (χ1n) is 6.64. The molecule has 0 saturated carbocycles. The fourth-order valence-electron chi connectivity index (χ4n) is 2.04. The summed E-state index contributed by atoms with van der Waals surface area (Å²) in [6.45, 7) is 0.257. The number of aromatic hydroxyl groups is 1. The Labute approximate surface area is 138 Å². The molecule has 0 aliphatic rings. The third-order valence-corrected chi connectivity index (χ3v) is 3.97. The van der Waals surface area contributed by atoms with Gasteiger partial charge in [-0.25, -0.2) is 0 Å². The van der Waals surface area contributed by atoms with Crippen LogP contribution in [0.1, 0.15) is 11.1 Å². The van der Waals surface area contributed by atoms with Crippen LogP contribution >= 0.6 is 23.2 Å². The Morgan fingerprint density at radius 2 is 1.68 bits per heavy atom. The standard InChI is InChI=1S/C16H15Cl2NO3/c17-13-2-1-3-14(18)12(13)9-19-15(16(21)22)8-10-4-6-11(20)7-5-10/h1-7,15,19-20H,8-9H2,(H,21,22)/t15-/m0/s1. The van der Waals surface area contributed by atoms with E-state index in [1.165, 1.54) is 12.1 Å². The van der Waals surface area contributed by atoms with Crippen LogP contribution in [0.5, 0.6) is 5.75 Å². The quantitative estimate of drug-likeness (QED) is 0.753. The van der Waals surface area contributed by atoms with Gasteiger partial charge >= 0.3 is 5.97 Å². The predicted octanol–water partition coefficient (Wildman–Crippen LogP) is 3.48. The van der Waals surface area contributed by atoms with Gasteiger partial charge in [-0.2, -0.15) is 0 Å². The van der Waals surface area contributed by atoms with Crippen LogP contribution in [0.15, 0.2) is 42.5 Å². The minimum absolute atomic E-state index is 0.145. The summed E-state index contributed by atoms with van der Waals surface area (Å²) in [6.07, 6.45) is 0.289. The molecule has 3 N–H and O–H groups in total. The number of benzene rings is 2. The minimum atomic E-state index is -0.962. The van der Waals surface area contributed by atoms with Crippen molar-refractivity contribution in [2.45, 2.75) is 19.0 Å². The number of hydrogen-bond acceptors (Lipinski definition) is 3. The Morgan fingerprint density at radius 1 is 1.09 bits per heavy atom. The Balaban J connectivity index is 2.06. The summed E-state index contributed by atoms with van der Waals surface area (Å²) >= 11 is 12.1. The van der Waals surface area contributed by atoms with Crippen molar-refractivity contribution in [3.8, 4) is 5.75 Å². The summed E-state index contributed by atoms with van der Waals surface area (Å²) in [7, 11) is 0. The monoisotopic (exact) mass is 339 g/mol. The number of rotatable bonds is 6. The zero-order valence-electron chi connectivity index (χ0n) is 11.6. The molecular weight excluding hydrogens is 325 g/mol. The number of nitrogens with one attached hydrogen (secondary N) is 1. The molecule has 2 aromatic carbocycles. The van der Waals surface area contributed by atoms with Crippen molar-refractivity contribution in [3.05, 3.63) is 63.6 Å². The molecule has 0 bridgehead atoms. The van der Waals surface area contributed by atoms with Gasteiger partial charge in [0, 0.05) is 22.2 Å². The van der Waals surface area contributed by atoms with E-state index in [2.05, 4.69) is 5.32 Å². The molecule has 0 unspecified atom stereocenters. The normalized spacial score (nSPS) is 12.1. The van der Waals surface area contributed by atoms with Crippen LogP contribution in [-0.2, 0) is 17.8 Å². The molecule has 0 fully saturated rings. The van der Waals surface area contributed by atoms with Crippen molar-refractivity contribution in [2.24, 2.45) is 0 Å². The zero-order chi connectivity index (χ0) is 16.1. The van der Waals surface area contributed by atoms with Gasteiger partial charge in [0.15, 0.2) is 0 Å². The van der Waals surface area contributed by atoms with E-state index in [4.69, 9.17) is 23.2 Å². The van der Waals surface area contributed by atoms with Crippen molar-refractivity contribution < 1.29 is 15.0 Å². The van der Waals surface area contributed by atoms with E-state index in [0.717, 1.165) is 5.56 Å². The Kier molecular flexibility index (Phi) is 5.66. The average molecular weight is 340 g/mol. The highest BCUT2D eigenvalue weighted by Crippen LogP contribution is 2.24. The van der Waals surface area contributed by atoms with Crippen molar-refractivity contribution in [2.75, 3.05) is 0 Å². The highest BCUT2D eigenvalue weighted by molar-refractivity contribution is 6.35.